The Morgan fingerprint density at radius 3 is 0.962 bits per heavy atom. The number of nitrogens with zero attached hydrogens (tertiary/aromatic N) is 3. The molecule has 0 aliphatic heterocycles. The van der Waals surface area contributed by atoms with Gasteiger partial charge < -0.3 is 61.4 Å². The standard InChI is InChI=1S/C30H30N8O2.C30H29N7O2/c31-29(32)37-25-10-3-1-8-23(25)19-12-14-20(15-13-19)27(39)35-16-17-36-28(40)22-7-5-6-21(18-22)24-9-2-4-11-26(24)38-30(33)34;31-27(32)23-7-3-5-21(17-23)22-6-4-8-24(18-22)29(39)36-16-15-35-28(38)20-13-11-19(12-14-20)25-9-1-2-10-26(25)37-30(33)34/h1-15,18H,16-17H2,(H,35,39)(H,36,40)(H4,31,32,37)(H4,33,34,38);1-14,17-18H,15-16H2,(H3,31,32)(H,35,38)(H,36,39)(H4,33,34,37). The van der Waals surface area contributed by atoms with E-state index in [4.69, 9.17) is 45.5 Å². The van der Waals surface area contributed by atoms with Crippen LogP contribution in [-0.2, 0) is 0 Å². The molecule has 0 bridgehead atoms. The number of guanidine groups is 3. The number of hydrogen-bond acceptors (Lipinski definition) is 8. The third kappa shape index (κ3) is 15.7. The first kappa shape index (κ1) is 55.7. The number of carbonyl (C=O) groups is 4. The van der Waals surface area contributed by atoms with Crippen LogP contribution >= 0.6 is 0 Å². The van der Waals surface area contributed by atoms with Crippen LogP contribution < -0.4 is 61.4 Å². The minimum Gasteiger partial charge on any atom is -0.384 e. The highest BCUT2D eigenvalue weighted by Crippen LogP contribution is 2.33. The molecule has 4 amide bonds. The molecule has 0 heterocycles. The molecule has 0 unspecified atom stereocenters. The largest absolute Gasteiger partial charge is 0.384 e. The summed E-state index contributed by atoms with van der Waals surface area (Å²) in [4.78, 5) is 63.1. The quantitative estimate of drug-likeness (QED) is 0.0255. The van der Waals surface area contributed by atoms with Crippen molar-refractivity contribution in [2.45, 2.75) is 0 Å². The highest BCUT2D eigenvalue weighted by atomic mass is 16.2. The van der Waals surface area contributed by atoms with E-state index < -0.39 is 0 Å². The van der Waals surface area contributed by atoms with Crippen LogP contribution in [0.15, 0.2) is 209 Å². The average Bonchev–Trinajstić information content (AvgIpc) is 3.45. The second-order valence-electron chi connectivity index (χ2n) is 17.5. The van der Waals surface area contributed by atoms with Crippen molar-refractivity contribution in [3.05, 3.63) is 222 Å². The minimum atomic E-state index is -0.265. The summed E-state index contributed by atoms with van der Waals surface area (Å²) in [7, 11) is 0. The molecule has 79 heavy (non-hydrogen) atoms. The van der Waals surface area contributed by atoms with Gasteiger partial charge in [0.05, 0.1) is 17.1 Å². The number of carbonyl (C=O) groups excluding carboxylic acids is 4. The van der Waals surface area contributed by atoms with Crippen LogP contribution in [0.3, 0.4) is 0 Å². The number of para-hydroxylation sites is 3. The van der Waals surface area contributed by atoms with E-state index in [2.05, 4.69) is 36.2 Å². The van der Waals surface area contributed by atoms with E-state index in [9.17, 15) is 19.2 Å². The molecule has 0 saturated carbocycles. The summed E-state index contributed by atoms with van der Waals surface area (Å²) in [5, 5.41) is 18.9. The minimum absolute atomic E-state index is 0.0167. The molecule has 0 aliphatic carbocycles. The van der Waals surface area contributed by atoms with Crippen molar-refractivity contribution in [1.29, 1.82) is 5.41 Å². The normalized spacial score (nSPS) is 10.3. The van der Waals surface area contributed by atoms with Crippen LogP contribution in [0.25, 0.3) is 44.5 Å². The summed E-state index contributed by atoms with van der Waals surface area (Å²) in [5.41, 5.74) is 50.0. The summed E-state index contributed by atoms with van der Waals surface area (Å²) in [6, 6.07) is 58.1. The van der Waals surface area contributed by atoms with E-state index in [-0.39, 0.29) is 73.5 Å². The van der Waals surface area contributed by atoms with E-state index in [1.54, 1.807) is 72.8 Å². The fraction of sp³-hybridized carbons (Fsp3) is 0.0667. The van der Waals surface area contributed by atoms with Gasteiger partial charge in [-0.15, -0.1) is 0 Å². The Morgan fingerprint density at radius 1 is 0.316 bits per heavy atom. The maximum absolute atomic E-state index is 12.8. The van der Waals surface area contributed by atoms with Crippen molar-refractivity contribution in [3.63, 3.8) is 0 Å². The van der Waals surface area contributed by atoms with Gasteiger partial charge in [-0.05, 0) is 101 Å². The molecule has 0 spiro atoms. The third-order valence-electron chi connectivity index (χ3n) is 11.8. The summed E-state index contributed by atoms with van der Waals surface area (Å²) < 4.78 is 0. The van der Waals surface area contributed by atoms with Gasteiger partial charge in [0, 0.05) is 70.7 Å². The fourth-order valence-corrected chi connectivity index (χ4v) is 8.11. The van der Waals surface area contributed by atoms with Gasteiger partial charge in [-0.25, -0.2) is 15.0 Å². The SMILES string of the molecule is N=C(N)c1cccc(-c2cccc(C(=O)NCCNC(=O)c3ccc(-c4ccccc4N=C(N)N)cc3)c2)c1.NC(N)=Nc1ccccc1-c1ccc(C(=O)NCCNC(=O)c2cccc(-c3ccccc3N=C(N)N)c2)cc1. The Bertz CT molecular complexity index is 3580. The van der Waals surface area contributed by atoms with Gasteiger partial charge in [-0.3, -0.25) is 24.6 Å². The number of benzene rings is 8. The highest BCUT2D eigenvalue weighted by molar-refractivity contribution is 5.99. The van der Waals surface area contributed by atoms with E-state index in [0.717, 1.165) is 44.5 Å². The van der Waals surface area contributed by atoms with E-state index in [1.165, 1.54) is 0 Å². The first-order valence-electron chi connectivity index (χ1n) is 24.7. The number of nitrogens with two attached hydrogens (primary N) is 7. The summed E-state index contributed by atoms with van der Waals surface area (Å²) >= 11 is 0. The Kier molecular flexibility index (Phi) is 19.0. The maximum atomic E-state index is 12.8. The lowest BCUT2D eigenvalue weighted by Crippen LogP contribution is -2.34. The third-order valence-corrected chi connectivity index (χ3v) is 11.8. The molecule has 8 aromatic rings. The van der Waals surface area contributed by atoms with Crippen molar-refractivity contribution in [2.75, 3.05) is 26.2 Å². The smallest absolute Gasteiger partial charge is 0.251 e. The average molecular weight is 1050 g/mol. The van der Waals surface area contributed by atoms with E-state index in [0.29, 0.717) is 44.9 Å². The van der Waals surface area contributed by atoms with Crippen LogP contribution in [0.1, 0.15) is 47.0 Å². The molecule has 398 valence electrons. The van der Waals surface area contributed by atoms with Gasteiger partial charge in [0.15, 0.2) is 17.9 Å². The van der Waals surface area contributed by atoms with Crippen molar-refractivity contribution in [1.82, 2.24) is 21.3 Å². The lowest BCUT2D eigenvalue weighted by atomic mass is 10.0. The Hall–Kier alpha value is -11.1. The van der Waals surface area contributed by atoms with Crippen LogP contribution in [0.5, 0.6) is 0 Å². The van der Waals surface area contributed by atoms with Crippen LogP contribution in [0, 0.1) is 5.41 Å². The van der Waals surface area contributed by atoms with Crippen LogP contribution in [-0.4, -0.2) is 73.5 Å². The molecule has 19 nitrogen and oxygen atoms in total. The van der Waals surface area contributed by atoms with Gasteiger partial charge in [0.1, 0.15) is 5.84 Å². The predicted octanol–water partition coefficient (Wildman–Crippen LogP) is 6.36. The molecule has 8 aromatic carbocycles. The molecule has 19 N–H and O–H groups in total. The van der Waals surface area contributed by atoms with Crippen molar-refractivity contribution in [2.24, 2.45) is 55.1 Å². The number of nitrogens with one attached hydrogen (secondary N) is 5. The number of hydrogen-bond donors (Lipinski definition) is 12. The molecule has 0 atom stereocenters. The molecule has 0 aliphatic rings. The summed E-state index contributed by atoms with van der Waals surface area (Å²) in [6.45, 7) is 1.04. The monoisotopic (exact) mass is 1050 g/mol. The fourth-order valence-electron chi connectivity index (χ4n) is 8.11. The summed E-state index contributed by atoms with van der Waals surface area (Å²) in [5.74, 6) is -1.15. The zero-order chi connectivity index (χ0) is 56.3. The molecule has 0 aromatic heterocycles. The van der Waals surface area contributed by atoms with Gasteiger partial charge in [-0.1, -0.05) is 121 Å². The number of amidine groups is 1. The predicted molar refractivity (Wildman–Crippen MR) is 314 cm³/mol. The number of aliphatic imine (C=N–C) groups is 3. The number of rotatable bonds is 18. The van der Waals surface area contributed by atoms with Crippen LogP contribution in [0.4, 0.5) is 17.1 Å². The lowest BCUT2D eigenvalue weighted by molar-refractivity contribution is 0.0927. The molecule has 19 heteroatoms. The first-order valence-corrected chi connectivity index (χ1v) is 24.7. The lowest BCUT2D eigenvalue weighted by Gasteiger charge is -2.10. The van der Waals surface area contributed by atoms with Crippen molar-refractivity contribution < 1.29 is 19.2 Å². The molecular formula is C60H59N15O4. The molecule has 0 radical (unpaired) electrons. The van der Waals surface area contributed by atoms with E-state index in [1.807, 2.05) is 121 Å². The zero-order valence-electron chi connectivity index (χ0n) is 42.8. The number of nitrogen functional groups attached to an aromatic ring is 1. The van der Waals surface area contributed by atoms with Gasteiger partial charge in [-0.2, -0.15) is 0 Å². The Balaban J connectivity index is 0.000000229. The Labute approximate surface area is 456 Å². The molecule has 8 rings (SSSR count). The second kappa shape index (κ2) is 26.9. The Morgan fingerprint density at radius 2 is 0.608 bits per heavy atom. The van der Waals surface area contributed by atoms with E-state index >= 15 is 0 Å². The van der Waals surface area contributed by atoms with Crippen LogP contribution in [0.2, 0.25) is 0 Å². The number of amides is 4. The van der Waals surface area contributed by atoms with Crippen molar-refractivity contribution >= 4 is 64.4 Å². The van der Waals surface area contributed by atoms with Crippen molar-refractivity contribution in [3.8, 4) is 44.5 Å². The van der Waals surface area contributed by atoms with Gasteiger partial charge in [0.2, 0.25) is 0 Å². The topological polar surface area (TPSA) is 359 Å². The highest BCUT2D eigenvalue weighted by Gasteiger charge is 2.14. The maximum Gasteiger partial charge on any atom is 0.251 e. The molecular weight excluding hydrogens is 995 g/mol. The van der Waals surface area contributed by atoms with Gasteiger partial charge in [0.25, 0.3) is 23.6 Å². The molecule has 0 saturated heterocycles. The summed E-state index contributed by atoms with van der Waals surface area (Å²) in [6.07, 6.45) is 0. The first-order chi connectivity index (χ1) is 38.1. The van der Waals surface area contributed by atoms with Gasteiger partial charge >= 0.3 is 0 Å². The molecule has 0 fully saturated rings. The second-order valence-corrected chi connectivity index (χ2v) is 17.5. The zero-order valence-corrected chi connectivity index (χ0v) is 42.8.